The fourth-order valence-electron chi connectivity index (χ4n) is 3.52. The largest absolute Gasteiger partial charge is 0.492 e. The molecule has 1 aliphatic rings. The average Bonchev–Trinajstić information content (AvgIpc) is 3.30. The Morgan fingerprint density at radius 1 is 1.19 bits per heavy atom. The minimum atomic E-state index is -3.79. The fraction of sp³-hybridized carbons (Fsp3) is 0.381. The third-order valence-corrected chi connectivity index (χ3v) is 7.02. The van der Waals surface area contributed by atoms with E-state index in [0.717, 1.165) is 12.8 Å². The van der Waals surface area contributed by atoms with Crippen molar-refractivity contribution in [3.05, 3.63) is 52.1 Å². The van der Waals surface area contributed by atoms with Crippen LogP contribution in [0.15, 0.2) is 41.3 Å². The Kier molecular flexibility index (Phi) is 6.99. The first-order valence-electron chi connectivity index (χ1n) is 10.2. The lowest BCUT2D eigenvalue weighted by Gasteiger charge is -2.19. The van der Waals surface area contributed by atoms with Gasteiger partial charge in [0.2, 0.25) is 10.0 Å². The highest BCUT2D eigenvalue weighted by Gasteiger charge is 2.30. The van der Waals surface area contributed by atoms with Gasteiger partial charge in [0.15, 0.2) is 0 Å². The van der Waals surface area contributed by atoms with Crippen LogP contribution in [0.25, 0.3) is 0 Å². The molecule has 11 heteroatoms. The number of nitro groups is 1. The molecule has 2 aromatic carbocycles. The summed E-state index contributed by atoms with van der Waals surface area (Å²) in [5.41, 5.74) is 0.494. The number of carbonyl (C=O) groups excluding carboxylic acids is 1. The van der Waals surface area contributed by atoms with Crippen molar-refractivity contribution in [3.8, 4) is 5.75 Å². The molecule has 1 N–H and O–H groups in total. The highest BCUT2D eigenvalue weighted by Crippen LogP contribution is 2.32. The first-order valence-corrected chi connectivity index (χ1v) is 11.6. The number of anilines is 2. The maximum absolute atomic E-state index is 13.1. The van der Waals surface area contributed by atoms with E-state index in [1.54, 1.807) is 25.9 Å². The predicted molar refractivity (Wildman–Crippen MR) is 121 cm³/mol. The zero-order valence-corrected chi connectivity index (χ0v) is 19.0. The number of nitro benzene ring substituents is 1. The van der Waals surface area contributed by atoms with Crippen molar-refractivity contribution < 1.29 is 22.9 Å². The van der Waals surface area contributed by atoms with E-state index in [4.69, 9.17) is 4.74 Å². The maximum atomic E-state index is 13.1. The standard InChI is InChI=1S/C21H26N4O6S/c1-4-31-19-10-8-16(14-20(19)32(29,30)24-11-5-6-12-24)22-21(26)15-7-9-17(23(2)3)18(13-15)25(27)28/h7-10,13-14H,4-6,11-12H2,1-3H3,(H,22,26). The van der Waals surface area contributed by atoms with Gasteiger partial charge in [-0.3, -0.25) is 14.9 Å². The summed E-state index contributed by atoms with van der Waals surface area (Å²) < 4.78 is 33.1. The Morgan fingerprint density at radius 2 is 1.88 bits per heavy atom. The average molecular weight is 463 g/mol. The molecule has 0 aliphatic carbocycles. The molecule has 10 nitrogen and oxygen atoms in total. The van der Waals surface area contributed by atoms with Crippen molar-refractivity contribution in [1.82, 2.24) is 4.31 Å². The number of nitrogens with zero attached hydrogens (tertiary/aromatic N) is 3. The van der Waals surface area contributed by atoms with Crippen LogP contribution in [0.3, 0.4) is 0 Å². The molecule has 3 rings (SSSR count). The summed E-state index contributed by atoms with van der Waals surface area (Å²) in [5, 5.41) is 14.0. The number of rotatable bonds is 8. The Morgan fingerprint density at radius 3 is 2.47 bits per heavy atom. The predicted octanol–water partition coefficient (Wildman–Crippen LogP) is 3.10. The second kappa shape index (κ2) is 9.53. The molecule has 172 valence electrons. The molecule has 32 heavy (non-hydrogen) atoms. The van der Waals surface area contributed by atoms with Gasteiger partial charge >= 0.3 is 0 Å². The molecule has 0 saturated carbocycles. The van der Waals surface area contributed by atoms with E-state index in [-0.39, 0.29) is 34.2 Å². The zero-order chi connectivity index (χ0) is 23.5. The Bertz CT molecular complexity index is 1130. The Balaban J connectivity index is 1.93. The Labute approximate surface area is 187 Å². The van der Waals surface area contributed by atoms with Crippen LogP contribution in [0, 0.1) is 10.1 Å². The van der Waals surface area contributed by atoms with Gasteiger partial charge < -0.3 is 15.0 Å². The van der Waals surface area contributed by atoms with Gasteiger partial charge in [0.05, 0.1) is 11.5 Å². The van der Waals surface area contributed by atoms with Crippen LogP contribution in [0.1, 0.15) is 30.1 Å². The van der Waals surface area contributed by atoms with Gasteiger partial charge in [-0.2, -0.15) is 4.31 Å². The number of amides is 1. The van der Waals surface area contributed by atoms with E-state index in [2.05, 4.69) is 5.32 Å². The van der Waals surface area contributed by atoms with Crippen LogP contribution in [0.5, 0.6) is 5.75 Å². The first-order chi connectivity index (χ1) is 15.1. The number of hydrogen-bond donors (Lipinski definition) is 1. The minimum Gasteiger partial charge on any atom is -0.492 e. The van der Waals surface area contributed by atoms with Gasteiger partial charge in [0.1, 0.15) is 16.3 Å². The van der Waals surface area contributed by atoms with Gasteiger partial charge in [-0.25, -0.2) is 8.42 Å². The summed E-state index contributed by atoms with van der Waals surface area (Å²) in [7, 11) is -0.443. The lowest BCUT2D eigenvalue weighted by molar-refractivity contribution is -0.384. The van der Waals surface area contributed by atoms with E-state index in [1.165, 1.54) is 40.7 Å². The number of nitrogens with one attached hydrogen (secondary N) is 1. The van der Waals surface area contributed by atoms with Crippen LogP contribution in [0.2, 0.25) is 0 Å². The number of sulfonamides is 1. The number of carbonyl (C=O) groups is 1. The molecule has 2 aromatic rings. The minimum absolute atomic E-state index is 0.0204. The Hall–Kier alpha value is -3.18. The monoisotopic (exact) mass is 462 g/mol. The molecular weight excluding hydrogens is 436 g/mol. The summed E-state index contributed by atoms with van der Waals surface area (Å²) >= 11 is 0. The molecule has 1 heterocycles. The second-order valence-electron chi connectivity index (χ2n) is 7.51. The quantitative estimate of drug-likeness (QED) is 0.472. The lowest BCUT2D eigenvalue weighted by atomic mass is 10.1. The van der Waals surface area contributed by atoms with Crippen LogP contribution < -0.4 is 15.0 Å². The van der Waals surface area contributed by atoms with Crippen molar-refractivity contribution in [1.29, 1.82) is 0 Å². The summed E-state index contributed by atoms with van der Waals surface area (Å²) in [6, 6.07) is 8.57. The zero-order valence-electron chi connectivity index (χ0n) is 18.2. The number of hydrogen-bond acceptors (Lipinski definition) is 7. The summed E-state index contributed by atoms with van der Waals surface area (Å²) in [5.74, 6) is -0.379. The molecular formula is C21H26N4O6S. The van der Waals surface area contributed by atoms with Crippen molar-refractivity contribution in [2.45, 2.75) is 24.7 Å². The van der Waals surface area contributed by atoms with Crippen LogP contribution >= 0.6 is 0 Å². The third kappa shape index (κ3) is 4.83. The summed E-state index contributed by atoms with van der Waals surface area (Å²) in [6.45, 7) is 2.92. The van der Waals surface area contributed by atoms with E-state index in [9.17, 15) is 23.3 Å². The fourth-order valence-corrected chi connectivity index (χ4v) is 5.20. The maximum Gasteiger partial charge on any atom is 0.293 e. The highest BCUT2D eigenvalue weighted by molar-refractivity contribution is 7.89. The molecule has 1 saturated heterocycles. The first kappa shape index (κ1) is 23.5. The molecule has 0 bridgehead atoms. The SMILES string of the molecule is CCOc1ccc(NC(=O)c2ccc(N(C)C)c([N+](=O)[O-])c2)cc1S(=O)(=O)N1CCCC1. The molecule has 0 atom stereocenters. The highest BCUT2D eigenvalue weighted by atomic mass is 32.2. The van der Waals surface area contributed by atoms with Crippen LogP contribution in [-0.2, 0) is 10.0 Å². The van der Waals surface area contributed by atoms with E-state index < -0.39 is 20.9 Å². The molecule has 0 radical (unpaired) electrons. The molecule has 0 unspecified atom stereocenters. The molecule has 0 spiro atoms. The summed E-state index contributed by atoms with van der Waals surface area (Å²) in [6.07, 6.45) is 1.59. The number of ether oxygens (including phenoxy) is 1. The van der Waals surface area contributed by atoms with Crippen LogP contribution in [0.4, 0.5) is 17.1 Å². The third-order valence-electron chi connectivity index (χ3n) is 5.10. The van der Waals surface area contributed by atoms with Gasteiger partial charge in [0, 0.05) is 44.5 Å². The van der Waals surface area contributed by atoms with Gasteiger partial charge in [0.25, 0.3) is 11.6 Å². The lowest BCUT2D eigenvalue weighted by Crippen LogP contribution is -2.28. The van der Waals surface area contributed by atoms with Crippen molar-refractivity contribution in [2.75, 3.05) is 44.0 Å². The molecule has 1 aliphatic heterocycles. The van der Waals surface area contributed by atoms with Crippen molar-refractivity contribution in [2.24, 2.45) is 0 Å². The van der Waals surface area contributed by atoms with Gasteiger partial charge in [-0.1, -0.05) is 0 Å². The van der Waals surface area contributed by atoms with Crippen LogP contribution in [-0.4, -0.2) is 57.3 Å². The van der Waals surface area contributed by atoms with E-state index in [0.29, 0.717) is 18.8 Å². The smallest absolute Gasteiger partial charge is 0.293 e. The van der Waals surface area contributed by atoms with E-state index in [1.807, 2.05) is 0 Å². The van der Waals surface area contributed by atoms with Gasteiger partial charge in [-0.15, -0.1) is 0 Å². The second-order valence-corrected chi connectivity index (χ2v) is 9.42. The molecule has 1 fully saturated rings. The van der Waals surface area contributed by atoms with Gasteiger partial charge in [-0.05, 0) is 50.1 Å². The number of benzene rings is 2. The molecule has 1 amide bonds. The van der Waals surface area contributed by atoms with Crippen molar-refractivity contribution >= 4 is 33.0 Å². The van der Waals surface area contributed by atoms with E-state index >= 15 is 0 Å². The topological polar surface area (TPSA) is 122 Å². The van der Waals surface area contributed by atoms with Crippen molar-refractivity contribution in [3.63, 3.8) is 0 Å². The normalized spacial score (nSPS) is 14.2. The summed E-state index contributed by atoms with van der Waals surface area (Å²) in [4.78, 5) is 25.2. The molecule has 0 aromatic heterocycles.